The smallest absolute Gasteiger partial charge is 0.222 e. The van der Waals surface area contributed by atoms with E-state index in [1.807, 2.05) is 26.1 Å². The lowest BCUT2D eigenvalue weighted by Gasteiger charge is -2.31. The number of likely N-dealkylation sites (N-methyl/N-ethyl adjacent to an activating group) is 1. The number of guanidine groups is 1. The summed E-state index contributed by atoms with van der Waals surface area (Å²) in [5.74, 6) is 2.42. The van der Waals surface area contributed by atoms with Crippen molar-refractivity contribution in [2.75, 3.05) is 40.9 Å². The summed E-state index contributed by atoms with van der Waals surface area (Å²) in [5, 5.41) is 6.78. The molecule has 2 rings (SSSR count). The molecule has 1 saturated heterocycles. The van der Waals surface area contributed by atoms with Gasteiger partial charge in [-0.05, 0) is 31.0 Å². The maximum atomic E-state index is 11.7. The monoisotopic (exact) mass is 390 g/mol. The largest absolute Gasteiger partial charge is 0.493 e. The summed E-state index contributed by atoms with van der Waals surface area (Å²) in [7, 11) is 5.13. The molecule has 1 aliphatic heterocycles. The van der Waals surface area contributed by atoms with Gasteiger partial charge in [-0.2, -0.15) is 0 Å². The van der Waals surface area contributed by atoms with E-state index in [1.54, 1.807) is 19.1 Å². The van der Waals surface area contributed by atoms with Gasteiger partial charge in [-0.3, -0.25) is 9.79 Å². The molecule has 1 amide bonds. The number of piperidine rings is 1. The number of rotatable bonds is 7. The minimum atomic E-state index is -0.179. The van der Waals surface area contributed by atoms with E-state index < -0.39 is 0 Å². The van der Waals surface area contributed by atoms with Gasteiger partial charge in [-0.25, -0.2) is 0 Å². The summed E-state index contributed by atoms with van der Waals surface area (Å²) in [6.45, 7) is 8.46. The van der Waals surface area contributed by atoms with Gasteiger partial charge in [0.15, 0.2) is 17.5 Å². The van der Waals surface area contributed by atoms with Crippen LogP contribution in [0.3, 0.4) is 0 Å². The lowest BCUT2D eigenvalue weighted by Crippen LogP contribution is -2.52. The molecule has 1 unspecified atom stereocenters. The number of aliphatic imine (C=N–C) groups is 1. The molecule has 0 radical (unpaired) electrons. The predicted octanol–water partition coefficient (Wildman–Crippen LogP) is 2.16. The Kier molecular flexibility index (Phi) is 7.54. The molecule has 0 saturated carbocycles. The van der Waals surface area contributed by atoms with E-state index in [0.29, 0.717) is 19.5 Å². The highest BCUT2D eigenvalue weighted by Gasteiger charge is 2.25. The highest BCUT2D eigenvalue weighted by atomic mass is 16.5. The summed E-state index contributed by atoms with van der Waals surface area (Å²) in [5.41, 5.74) is 0.953. The van der Waals surface area contributed by atoms with E-state index in [0.717, 1.165) is 36.0 Å². The van der Waals surface area contributed by atoms with E-state index in [4.69, 9.17) is 14.5 Å². The molecule has 1 aliphatic rings. The van der Waals surface area contributed by atoms with Gasteiger partial charge in [0.2, 0.25) is 5.91 Å². The van der Waals surface area contributed by atoms with Gasteiger partial charge in [0.05, 0.1) is 20.8 Å². The lowest BCUT2D eigenvalue weighted by molar-refractivity contribution is -0.132. The minimum absolute atomic E-state index is 0.179. The molecule has 1 fully saturated rings. The molecule has 1 heterocycles. The first-order valence-electron chi connectivity index (χ1n) is 9.82. The molecule has 28 heavy (non-hydrogen) atoms. The van der Waals surface area contributed by atoms with Crippen molar-refractivity contribution in [3.8, 4) is 11.5 Å². The number of methoxy groups -OCH3 is 2. The SMILES string of the molecule is CCNC(=NCC(C)(C)c1ccc(OC)c(OC)c1)NC1CCC(=O)N(C)C1. The first-order valence-corrected chi connectivity index (χ1v) is 9.82. The number of hydrogen-bond acceptors (Lipinski definition) is 4. The summed E-state index contributed by atoms with van der Waals surface area (Å²) in [6, 6.07) is 6.21. The number of carbonyl (C=O) groups is 1. The van der Waals surface area contributed by atoms with Crippen molar-refractivity contribution in [3.05, 3.63) is 23.8 Å². The predicted molar refractivity (Wildman–Crippen MR) is 112 cm³/mol. The second-order valence-electron chi connectivity index (χ2n) is 7.80. The van der Waals surface area contributed by atoms with Crippen molar-refractivity contribution >= 4 is 11.9 Å². The summed E-state index contributed by atoms with van der Waals surface area (Å²) in [4.78, 5) is 18.3. The number of amides is 1. The maximum absolute atomic E-state index is 11.7. The third kappa shape index (κ3) is 5.53. The van der Waals surface area contributed by atoms with Crippen LogP contribution in [-0.2, 0) is 10.2 Å². The fourth-order valence-corrected chi connectivity index (χ4v) is 3.27. The highest BCUT2D eigenvalue weighted by molar-refractivity contribution is 5.81. The number of likely N-dealkylation sites (tertiary alicyclic amines) is 1. The molecule has 0 aromatic heterocycles. The van der Waals surface area contributed by atoms with Gasteiger partial charge >= 0.3 is 0 Å². The Morgan fingerprint density at radius 2 is 2.00 bits per heavy atom. The molecular weight excluding hydrogens is 356 g/mol. The van der Waals surface area contributed by atoms with Gasteiger partial charge in [-0.15, -0.1) is 0 Å². The molecule has 7 nitrogen and oxygen atoms in total. The number of nitrogens with zero attached hydrogens (tertiary/aromatic N) is 2. The fourth-order valence-electron chi connectivity index (χ4n) is 3.27. The van der Waals surface area contributed by atoms with Crippen LogP contribution in [0.5, 0.6) is 11.5 Å². The van der Waals surface area contributed by atoms with Gasteiger partial charge in [0.25, 0.3) is 0 Å². The van der Waals surface area contributed by atoms with Crippen molar-refractivity contribution in [3.63, 3.8) is 0 Å². The molecule has 0 bridgehead atoms. The first-order chi connectivity index (χ1) is 13.3. The Balaban J connectivity index is 2.11. The maximum Gasteiger partial charge on any atom is 0.222 e. The van der Waals surface area contributed by atoms with Crippen LogP contribution in [-0.4, -0.2) is 63.7 Å². The van der Waals surface area contributed by atoms with E-state index in [2.05, 4.69) is 30.5 Å². The van der Waals surface area contributed by atoms with Crippen molar-refractivity contribution in [2.24, 2.45) is 4.99 Å². The molecule has 0 spiro atoms. The average molecular weight is 391 g/mol. The topological polar surface area (TPSA) is 75.2 Å². The van der Waals surface area contributed by atoms with E-state index in [1.165, 1.54) is 0 Å². The molecule has 7 heteroatoms. The van der Waals surface area contributed by atoms with Crippen LogP contribution in [0.25, 0.3) is 0 Å². The van der Waals surface area contributed by atoms with E-state index >= 15 is 0 Å². The fraction of sp³-hybridized carbons (Fsp3) is 0.619. The average Bonchev–Trinajstić information content (AvgIpc) is 2.68. The zero-order valence-corrected chi connectivity index (χ0v) is 18.0. The van der Waals surface area contributed by atoms with Crippen molar-refractivity contribution in [1.82, 2.24) is 15.5 Å². The van der Waals surface area contributed by atoms with Crippen LogP contribution in [0.1, 0.15) is 39.2 Å². The Hall–Kier alpha value is -2.44. The normalized spacial score (nSPS) is 18.1. The van der Waals surface area contributed by atoms with Crippen LogP contribution in [0.2, 0.25) is 0 Å². The zero-order chi connectivity index (χ0) is 20.7. The van der Waals surface area contributed by atoms with Gasteiger partial charge in [0.1, 0.15) is 0 Å². The number of benzene rings is 1. The van der Waals surface area contributed by atoms with Gasteiger partial charge < -0.3 is 25.0 Å². The molecule has 2 N–H and O–H groups in total. The molecule has 1 aromatic rings. The Morgan fingerprint density at radius 1 is 1.29 bits per heavy atom. The highest BCUT2D eigenvalue weighted by Crippen LogP contribution is 2.33. The molecule has 1 atom stereocenters. The van der Waals surface area contributed by atoms with Crippen LogP contribution in [0.15, 0.2) is 23.2 Å². The molecular formula is C21H34N4O3. The molecule has 1 aromatic carbocycles. The van der Waals surface area contributed by atoms with Crippen LogP contribution < -0.4 is 20.1 Å². The third-order valence-corrected chi connectivity index (χ3v) is 5.11. The van der Waals surface area contributed by atoms with E-state index in [9.17, 15) is 4.79 Å². The second kappa shape index (κ2) is 9.66. The summed E-state index contributed by atoms with van der Waals surface area (Å²) < 4.78 is 10.8. The third-order valence-electron chi connectivity index (χ3n) is 5.11. The number of carbonyl (C=O) groups excluding carboxylic acids is 1. The van der Waals surface area contributed by atoms with Crippen LogP contribution in [0, 0.1) is 0 Å². The molecule has 0 aliphatic carbocycles. The van der Waals surface area contributed by atoms with Crippen molar-refractivity contribution in [2.45, 2.75) is 45.1 Å². The lowest BCUT2D eigenvalue weighted by atomic mass is 9.84. The standard InChI is InChI=1S/C21H34N4O3/c1-7-22-20(24-16-9-11-19(26)25(4)13-16)23-14-21(2,3)15-8-10-17(27-5)18(12-15)28-6/h8,10,12,16H,7,9,11,13-14H2,1-6H3,(H2,22,23,24). The van der Waals surface area contributed by atoms with E-state index in [-0.39, 0.29) is 17.4 Å². The summed E-state index contributed by atoms with van der Waals surface area (Å²) in [6.07, 6.45) is 1.40. The number of hydrogen-bond donors (Lipinski definition) is 2. The van der Waals surface area contributed by atoms with Gasteiger partial charge in [-0.1, -0.05) is 19.9 Å². The minimum Gasteiger partial charge on any atom is -0.493 e. The zero-order valence-electron chi connectivity index (χ0n) is 18.0. The quantitative estimate of drug-likeness (QED) is 0.551. The molecule has 156 valence electrons. The number of nitrogens with one attached hydrogen (secondary N) is 2. The summed E-state index contributed by atoms with van der Waals surface area (Å²) >= 11 is 0. The van der Waals surface area contributed by atoms with Crippen molar-refractivity contribution in [1.29, 1.82) is 0 Å². The second-order valence-corrected chi connectivity index (χ2v) is 7.80. The van der Waals surface area contributed by atoms with Gasteiger partial charge in [0, 0.05) is 38.0 Å². The Bertz CT molecular complexity index is 703. The Morgan fingerprint density at radius 3 is 2.61 bits per heavy atom. The van der Waals surface area contributed by atoms with Crippen molar-refractivity contribution < 1.29 is 14.3 Å². The number of ether oxygens (including phenoxy) is 2. The Labute approximate surface area is 168 Å². The van der Waals surface area contributed by atoms with Crippen LogP contribution in [0.4, 0.5) is 0 Å². The van der Waals surface area contributed by atoms with Crippen LogP contribution >= 0.6 is 0 Å². The first kappa shape index (κ1) is 21.9.